The van der Waals surface area contributed by atoms with Gasteiger partial charge < -0.3 is 10.2 Å². The molecular formula is C25H33ClN2O2. The van der Waals surface area contributed by atoms with Gasteiger partial charge >= 0.3 is 0 Å². The second kappa shape index (κ2) is 12.4. The molecule has 30 heavy (non-hydrogen) atoms. The Morgan fingerprint density at radius 2 is 1.67 bits per heavy atom. The largest absolute Gasteiger partial charge is 0.354 e. The van der Waals surface area contributed by atoms with Gasteiger partial charge in [-0.2, -0.15) is 0 Å². The number of carbonyl (C=O) groups excluding carboxylic acids is 2. The van der Waals surface area contributed by atoms with E-state index in [9.17, 15) is 9.59 Å². The minimum Gasteiger partial charge on any atom is -0.354 e. The summed E-state index contributed by atoms with van der Waals surface area (Å²) in [4.78, 5) is 27.7. The molecule has 0 aliphatic carbocycles. The summed E-state index contributed by atoms with van der Waals surface area (Å²) in [5.74, 6) is -0.139. The summed E-state index contributed by atoms with van der Waals surface area (Å²) < 4.78 is 0. The zero-order valence-electron chi connectivity index (χ0n) is 18.3. The predicted octanol–water partition coefficient (Wildman–Crippen LogP) is 5.17. The third-order valence-corrected chi connectivity index (χ3v) is 5.66. The van der Waals surface area contributed by atoms with E-state index >= 15 is 0 Å². The van der Waals surface area contributed by atoms with Gasteiger partial charge in [0.1, 0.15) is 6.04 Å². The monoisotopic (exact) mass is 428 g/mol. The Balaban J connectivity index is 2.18. The lowest BCUT2D eigenvalue weighted by Crippen LogP contribution is -2.49. The average molecular weight is 429 g/mol. The minimum atomic E-state index is -0.511. The van der Waals surface area contributed by atoms with Crippen LogP contribution >= 0.6 is 11.6 Å². The van der Waals surface area contributed by atoms with Crippen LogP contribution in [0.3, 0.4) is 0 Å². The van der Waals surface area contributed by atoms with Crippen LogP contribution in [0, 0.1) is 0 Å². The van der Waals surface area contributed by atoms with Crippen LogP contribution in [0.25, 0.3) is 0 Å². The van der Waals surface area contributed by atoms with Crippen molar-refractivity contribution in [1.82, 2.24) is 10.2 Å². The summed E-state index contributed by atoms with van der Waals surface area (Å²) in [6.07, 6.45) is 3.41. The van der Waals surface area contributed by atoms with E-state index in [1.54, 1.807) is 4.90 Å². The van der Waals surface area contributed by atoms with Gasteiger partial charge in [-0.15, -0.1) is 0 Å². The molecule has 0 spiro atoms. The normalized spacial score (nSPS) is 11.7. The highest BCUT2D eigenvalue weighted by Gasteiger charge is 2.28. The highest BCUT2D eigenvalue weighted by Crippen LogP contribution is 2.21. The first-order chi connectivity index (χ1) is 14.5. The molecule has 0 radical (unpaired) electrons. The second-order valence-corrected chi connectivity index (χ2v) is 7.91. The molecule has 162 valence electrons. The van der Waals surface area contributed by atoms with Crippen molar-refractivity contribution in [3.05, 3.63) is 70.2 Å². The molecule has 0 aliphatic rings. The van der Waals surface area contributed by atoms with Crippen LogP contribution in [0.1, 0.15) is 56.7 Å². The Bertz CT molecular complexity index is 820. The van der Waals surface area contributed by atoms with Crippen LogP contribution in [-0.4, -0.2) is 29.3 Å². The molecule has 5 heteroatoms. The van der Waals surface area contributed by atoms with Crippen molar-refractivity contribution in [3.8, 4) is 0 Å². The van der Waals surface area contributed by atoms with Crippen LogP contribution in [0.2, 0.25) is 5.02 Å². The Morgan fingerprint density at radius 1 is 1.00 bits per heavy atom. The molecule has 1 N–H and O–H groups in total. The summed E-state index contributed by atoms with van der Waals surface area (Å²) in [5, 5.41) is 3.55. The lowest BCUT2D eigenvalue weighted by molar-refractivity contribution is -0.141. The third-order valence-electron chi connectivity index (χ3n) is 5.29. The number of hydrogen-bond acceptors (Lipinski definition) is 2. The zero-order chi connectivity index (χ0) is 21.9. The Hall–Kier alpha value is -2.33. The molecule has 0 heterocycles. The van der Waals surface area contributed by atoms with Gasteiger partial charge in [0.2, 0.25) is 11.8 Å². The van der Waals surface area contributed by atoms with E-state index in [2.05, 4.69) is 36.5 Å². The maximum atomic E-state index is 13.2. The fourth-order valence-corrected chi connectivity index (χ4v) is 3.63. The molecule has 0 unspecified atom stereocenters. The van der Waals surface area contributed by atoms with E-state index in [1.807, 2.05) is 38.1 Å². The molecule has 4 nitrogen and oxygen atoms in total. The summed E-state index contributed by atoms with van der Waals surface area (Å²) in [7, 11) is 0. The van der Waals surface area contributed by atoms with E-state index in [1.165, 1.54) is 5.56 Å². The van der Waals surface area contributed by atoms with Crippen LogP contribution < -0.4 is 5.32 Å². The molecule has 0 saturated heterocycles. The summed E-state index contributed by atoms with van der Waals surface area (Å²) >= 11 is 6.35. The van der Waals surface area contributed by atoms with Crippen molar-refractivity contribution in [3.63, 3.8) is 0 Å². The summed E-state index contributed by atoms with van der Waals surface area (Å²) in [6, 6.07) is 15.3. The van der Waals surface area contributed by atoms with Gasteiger partial charge in [-0.25, -0.2) is 0 Å². The van der Waals surface area contributed by atoms with Crippen LogP contribution in [0.15, 0.2) is 48.5 Å². The predicted molar refractivity (Wildman–Crippen MR) is 124 cm³/mol. The fourth-order valence-electron chi connectivity index (χ4n) is 3.43. The topological polar surface area (TPSA) is 49.4 Å². The molecule has 2 aromatic carbocycles. The van der Waals surface area contributed by atoms with Gasteiger partial charge in [-0.05, 0) is 48.4 Å². The van der Waals surface area contributed by atoms with Gasteiger partial charge in [0.25, 0.3) is 0 Å². The van der Waals surface area contributed by atoms with Crippen LogP contribution in [0.4, 0.5) is 0 Å². The second-order valence-electron chi connectivity index (χ2n) is 7.50. The Morgan fingerprint density at radius 3 is 2.27 bits per heavy atom. The maximum absolute atomic E-state index is 13.2. The van der Waals surface area contributed by atoms with E-state index < -0.39 is 6.04 Å². The number of aryl methyl sites for hydroxylation is 2. The van der Waals surface area contributed by atoms with E-state index in [0.29, 0.717) is 37.4 Å². The fraction of sp³-hybridized carbons (Fsp3) is 0.440. The number of amides is 2. The Kier molecular flexibility index (Phi) is 9.88. The third kappa shape index (κ3) is 6.88. The lowest BCUT2D eigenvalue weighted by Gasteiger charge is -2.31. The lowest BCUT2D eigenvalue weighted by atomic mass is 10.0. The number of nitrogens with zero attached hydrogens (tertiary/aromatic N) is 1. The standard InChI is InChI=1S/C25H33ClN2O2/c1-4-17-27-25(30)23(6-3)28(18-21-9-7-8-10-22(21)26)24(29)16-15-20-13-11-19(5-2)12-14-20/h7-14,23H,4-6,15-18H2,1-3H3,(H,27,30)/t23-/m1/s1. The zero-order valence-corrected chi connectivity index (χ0v) is 19.0. The molecule has 0 bridgehead atoms. The van der Waals surface area contributed by atoms with Crippen molar-refractivity contribution in [2.45, 2.75) is 65.5 Å². The highest BCUT2D eigenvalue weighted by atomic mass is 35.5. The number of carbonyl (C=O) groups is 2. The molecule has 0 aromatic heterocycles. The first-order valence-corrected chi connectivity index (χ1v) is 11.3. The van der Waals surface area contributed by atoms with Crippen molar-refractivity contribution in [2.24, 2.45) is 0 Å². The first kappa shape index (κ1) is 23.9. The van der Waals surface area contributed by atoms with Gasteiger partial charge in [-0.3, -0.25) is 9.59 Å². The van der Waals surface area contributed by atoms with E-state index in [4.69, 9.17) is 11.6 Å². The molecule has 2 rings (SSSR count). The maximum Gasteiger partial charge on any atom is 0.242 e. The van der Waals surface area contributed by atoms with Crippen molar-refractivity contribution in [1.29, 1.82) is 0 Å². The molecular weight excluding hydrogens is 396 g/mol. The quantitative estimate of drug-likeness (QED) is 0.536. The summed E-state index contributed by atoms with van der Waals surface area (Å²) in [5.41, 5.74) is 3.26. The van der Waals surface area contributed by atoms with E-state index in [-0.39, 0.29) is 11.8 Å². The molecule has 2 amide bonds. The molecule has 0 aliphatic heterocycles. The number of rotatable bonds is 11. The van der Waals surface area contributed by atoms with Crippen LogP contribution in [0.5, 0.6) is 0 Å². The highest BCUT2D eigenvalue weighted by molar-refractivity contribution is 6.31. The molecule has 0 saturated carbocycles. The minimum absolute atomic E-state index is 0.0343. The van der Waals surface area contributed by atoms with Crippen molar-refractivity contribution >= 4 is 23.4 Å². The number of halogens is 1. The van der Waals surface area contributed by atoms with Crippen molar-refractivity contribution < 1.29 is 9.59 Å². The number of nitrogens with one attached hydrogen (secondary N) is 1. The number of hydrogen-bond donors (Lipinski definition) is 1. The Labute approximate surface area is 185 Å². The van der Waals surface area contributed by atoms with Gasteiger partial charge in [-0.1, -0.05) is 74.8 Å². The average Bonchev–Trinajstić information content (AvgIpc) is 2.77. The van der Waals surface area contributed by atoms with Crippen molar-refractivity contribution in [2.75, 3.05) is 6.54 Å². The number of benzene rings is 2. The molecule has 2 aromatic rings. The first-order valence-electron chi connectivity index (χ1n) is 10.9. The van der Waals surface area contributed by atoms with E-state index in [0.717, 1.165) is 24.0 Å². The van der Waals surface area contributed by atoms with Gasteiger partial charge in [0.05, 0.1) is 0 Å². The van der Waals surface area contributed by atoms with Crippen LogP contribution in [-0.2, 0) is 29.0 Å². The van der Waals surface area contributed by atoms with Gasteiger partial charge in [0, 0.05) is 24.5 Å². The smallest absolute Gasteiger partial charge is 0.242 e. The molecule has 0 fully saturated rings. The molecule has 1 atom stereocenters. The SMILES string of the molecule is CCCNC(=O)[C@@H](CC)N(Cc1ccccc1Cl)C(=O)CCc1ccc(CC)cc1. The van der Waals surface area contributed by atoms with Gasteiger partial charge in [0.15, 0.2) is 0 Å². The summed E-state index contributed by atoms with van der Waals surface area (Å²) in [6.45, 7) is 7.00.